The maximum Gasteiger partial charge on any atom is 2.00 e. The standard InChI is InChI=1S/C16H32O2.Ca.H3O4P/c1-2-3-4-5-6-7-8-9-10-11-12-13-14-15-16(17)18;;1-5(2,3)4/h2-15H2,1H3,(H,17,18);;(H3,1,2,3,4)/q;+2;/p-2. The van der Waals surface area contributed by atoms with Crippen molar-refractivity contribution < 1.29 is 29.1 Å². The summed E-state index contributed by atoms with van der Waals surface area (Å²) in [5, 5.41) is 8.49. The van der Waals surface area contributed by atoms with Crippen molar-refractivity contribution in [2.75, 3.05) is 0 Å². The Kier molecular flexibility index (Phi) is 27.0. The monoisotopic (exact) mass is 392 g/mol. The smallest absolute Gasteiger partial charge is 0.790 e. The van der Waals surface area contributed by atoms with E-state index in [1.807, 2.05) is 0 Å². The maximum atomic E-state index is 10.3. The van der Waals surface area contributed by atoms with Crippen molar-refractivity contribution in [1.82, 2.24) is 0 Å². The minimum atomic E-state index is -5.14. The van der Waals surface area contributed by atoms with E-state index in [1.165, 1.54) is 70.6 Å². The van der Waals surface area contributed by atoms with Gasteiger partial charge in [0.15, 0.2) is 0 Å². The van der Waals surface area contributed by atoms with Gasteiger partial charge >= 0.3 is 43.7 Å². The Hall–Kier alpha value is 0.840. The molecule has 0 saturated heterocycles. The second kappa shape index (κ2) is 21.9. The van der Waals surface area contributed by atoms with Crippen LogP contribution in [0.3, 0.4) is 0 Å². The van der Waals surface area contributed by atoms with Crippen LogP contribution in [0, 0.1) is 0 Å². The summed E-state index contributed by atoms with van der Waals surface area (Å²) < 4.78 is 8.66. The van der Waals surface area contributed by atoms with E-state index in [-0.39, 0.29) is 37.7 Å². The molecule has 0 amide bonds. The van der Waals surface area contributed by atoms with Crippen LogP contribution >= 0.6 is 7.82 Å². The molecule has 0 bridgehead atoms. The number of aliphatic carboxylic acids is 1. The fourth-order valence-electron chi connectivity index (χ4n) is 2.29. The normalized spacial score (nSPS) is 10.5. The van der Waals surface area contributed by atoms with Crippen molar-refractivity contribution in [3.8, 4) is 0 Å². The van der Waals surface area contributed by atoms with E-state index in [0.717, 1.165) is 12.8 Å². The number of rotatable bonds is 14. The molecule has 0 aliphatic rings. The maximum absolute atomic E-state index is 10.3. The van der Waals surface area contributed by atoms with Crippen molar-refractivity contribution in [3.63, 3.8) is 0 Å². The molecule has 2 N–H and O–H groups in total. The molecule has 0 heterocycles. The molecule has 0 fully saturated rings. The molecule has 8 heteroatoms. The third-order valence-electron chi connectivity index (χ3n) is 3.49. The predicted molar refractivity (Wildman–Crippen MR) is 93.5 cm³/mol. The summed E-state index contributed by atoms with van der Waals surface area (Å²) in [5.41, 5.74) is 0. The summed E-state index contributed by atoms with van der Waals surface area (Å²) in [6.45, 7) is 2.26. The topological polar surface area (TPSA) is 121 Å². The molecule has 24 heavy (non-hydrogen) atoms. The first-order valence-electron chi connectivity index (χ1n) is 8.74. The number of carboxylic acids is 1. The Morgan fingerprint density at radius 2 is 1.04 bits per heavy atom. The summed E-state index contributed by atoms with van der Waals surface area (Å²) in [6, 6.07) is 0. The first kappa shape index (κ1) is 29.6. The predicted octanol–water partition coefficient (Wildman–Crippen LogP) is 2.98. The zero-order valence-electron chi connectivity index (χ0n) is 15.1. The molecule has 0 rings (SSSR count). The van der Waals surface area contributed by atoms with E-state index < -0.39 is 13.8 Å². The number of phosphoric acid groups is 1. The van der Waals surface area contributed by atoms with Crippen LogP contribution in [0.5, 0.6) is 0 Å². The van der Waals surface area contributed by atoms with Gasteiger partial charge in [0, 0.05) is 6.42 Å². The number of carbonyl (C=O) groups is 1. The largest absolute Gasteiger partial charge is 2.00 e. The first-order chi connectivity index (χ1) is 10.8. The molecular formula is C16H33CaO6P. The van der Waals surface area contributed by atoms with Crippen LogP contribution in [0.4, 0.5) is 0 Å². The number of hydrogen-bond donors (Lipinski definition) is 2. The van der Waals surface area contributed by atoms with Gasteiger partial charge in [-0.2, -0.15) is 0 Å². The SMILES string of the molecule is CCCCCCCCCCCCCCCC(=O)O.O=P([O-])([O-])O.[Ca+2]. The van der Waals surface area contributed by atoms with Crippen LogP contribution in [-0.4, -0.2) is 53.7 Å². The van der Waals surface area contributed by atoms with E-state index in [2.05, 4.69) is 6.92 Å². The molecular weight excluding hydrogens is 359 g/mol. The molecule has 0 aromatic heterocycles. The Bertz CT molecular complexity index is 301. The van der Waals surface area contributed by atoms with E-state index in [0.29, 0.717) is 6.42 Å². The quantitative estimate of drug-likeness (QED) is 0.266. The molecule has 0 spiro atoms. The van der Waals surface area contributed by atoms with Gasteiger partial charge in [0.1, 0.15) is 0 Å². The summed E-state index contributed by atoms with van der Waals surface area (Å²) in [6.07, 6.45) is 17.3. The van der Waals surface area contributed by atoms with Crippen LogP contribution in [0.15, 0.2) is 0 Å². The van der Waals surface area contributed by atoms with Gasteiger partial charge in [0.2, 0.25) is 0 Å². The van der Waals surface area contributed by atoms with Crippen LogP contribution < -0.4 is 9.79 Å². The molecule has 0 aliphatic heterocycles. The number of unbranched alkanes of at least 4 members (excludes halogenated alkanes) is 12. The van der Waals surface area contributed by atoms with Gasteiger partial charge in [-0.05, 0) is 6.42 Å². The second-order valence-corrected chi connectivity index (χ2v) is 6.79. The van der Waals surface area contributed by atoms with Crippen molar-refractivity contribution in [2.45, 2.75) is 96.8 Å². The molecule has 0 aromatic rings. The van der Waals surface area contributed by atoms with Crippen LogP contribution in [0.25, 0.3) is 0 Å². The van der Waals surface area contributed by atoms with Gasteiger partial charge in [-0.3, -0.25) is 4.79 Å². The van der Waals surface area contributed by atoms with Crippen LogP contribution in [0.1, 0.15) is 96.8 Å². The average molecular weight is 392 g/mol. The average Bonchev–Trinajstić information content (AvgIpc) is 2.42. The Morgan fingerprint density at radius 3 is 1.29 bits per heavy atom. The van der Waals surface area contributed by atoms with Gasteiger partial charge in [0.05, 0.1) is 7.82 Å². The third-order valence-corrected chi connectivity index (χ3v) is 3.49. The minimum absolute atomic E-state index is 0. The Labute approximate surface area is 176 Å². The minimum Gasteiger partial charge on any atom is -0.790 e. The van der Waals surface area contributed by atoms with Gasteiger partial charge in [-0.25, -0.2) is 0 Å². The molecule has 0 unspecified atom stereocenters. The molecule has 140 valence electrons. The summed E-state index contributed by atoms with van der Waals surface area (Å²) in [7, 11) is -5.14. The third kappa shape index (κ3) is 43.4. The summed E-state index contributed by atoms with van der Waals surface area (Å²) >= 11 is 0. The van der Waals surface area contributed by atoms with Gasteiger partial charge in [-0.15, -0.1) is 0 Å². The van der Waals surface area contributed by atoms with Crippen molar-refractivity contribution >= 4 is 51.5 Å². The van der Waals surface area contributed by atoms with Crippen molar-refractivity contribution in [2.24, 2.45) is 0 Å². The van der Waals surface area contributed by atoms with E-state index in [4.69, 9.17) is 24.4 Å². The molecule has 0 aromatic carbocycles. The molecule has 0 atom stereocenters. The molecule has 0 aliphatic carbocycles. The van der Waals surface area contributed by atoms with Gasteiger partial charge in [0.25, 0.3) is 0 Å². The fourth-order valence-corrected chi connectivity index (χ4v) is 2.29. The number of hydrogen-bond acceptors (Lipinski definition) is 4. The number of carboxylic acid groups (broad SMARTS) is 1. The van der Waals surface area contributed by atoms with Crippen LogP contribution in [0.2, 0.25) is 0 Å². The van der Waals surface area contributed by atoms with E-state index >= 15 is 0 Å². The summed E-state index contributed by atoms with van der Waals surface area (Å²) in [4.78, 5) is 34.6. The zero-order chi connectivity index (χ0) is 18.0. The van der Waals surface area contributed by atoms with Crippen molar-refractivity contribution in [3.05, 3.63) is 0 Å². The van der Waals surface area contributed by atoms with Crippen molar-refractivity contribution in [1.29, 1.82) is 0 Å². The van der Waals surface area contributed by atoms with Gasteiger partial charge < -0.3 is 24.4 Å². The Balaban J connectivity index is -0.000000639. The second-order valence-electron chi connectivity index (χ2n) is 5.85. The van der Waals surface area contributed by atoms with E-state index in [1.54, 1.807) is 0 Å². The molecule has 6 nitrogen and oxygen atoms in total. The Morgan fingerprint density at radius 1 is 0.792 bits per heavy atom. The summed E-state index contributed by atoms with van der Waals surface area (Å²) in [5.74, 6) is -0.655. The molecule has 0 radical (unpaired) electrons. The zero-order valence-corrected chi connectivity index (χ0v) is 18.2. The molecule has 0 saturated carbocycles. The van der Waals surface area contributed by atoms with Crippen LogP contribution in [-0.2, 0) is 9.36 Å². The van der Waals surface area contributed by atoms with Gasteiger partial charge in [-0.1, -0.05) is 84.0 Å². The van der Waals surface area contributed by atoms with E-state index in [9.17, 15) is 4.79 Å². The first-order valence-corrected chi connectivity index (χ1v) is 10.2. The fraction of sp³-hybridized carbons (Fsp3) is 0.938.